The van der Waals surface area contributed by atoms with Crippen molar-refractivity contribution in [2.24, 2.45) is 0 Å². The van der Waals surface area contributed by atoms with Crippen LogP contribution in [0.2, 0.25) is 0 Å². The normalized spacial score (nSPS) is 10.6. The highest BCUT2D eigenvalue weighted by Crippen LogP contribution is 2.37. The first-order chi connectivity index (χ1) is 12.4. The van der Waals surface area contributed by atoms with E-state index in [-0.39, 0.29) is 11.3 Å². The van der Waals surface area contributed by atoms with Crippen LogP contribution in [0.3, 0.4) is 0 Å². The molecule has 0 heterocycles. The lowest BCUT2D eigenvalue weighted by molar-refractivity contribution is 0.112. The minimum atomic E-state index is -0.499. The SMILES string of the molecule is Cc1cc(N)cc(C)c1Oc1ccc(O)c(-c2cc(F)ccc2C=O)c1. The van der Waals surface area contributed by atoms with Crippen LogP contribution >= 0.6 is 0 Å². The molecule has 132 valence electrons. The molecule has 0 saturated carbocycles. The van der Waals surface area contributed by atoms with Crippen molar-refractivity contribution in [1.29, 1.82) is 0 Å². The number of anilines is 1. The second-order valence-electron chi connectivity index (χ2n) is 6.11. The zero-order valence-corrected chi connectivity index (χ0v) is 14.4. The van der Waals surface area contributed by atoms with E-state index in [0.717, 1.165) is 11.1 Å². The van der Waals surface area contributed by atoms with Crippen molar-refractivity contribution in [2.75, 3.05) is 5.73 Å². The highest BCUT2D eigenvalue weighted by molar-refractivity contribution is 5.89. The second kappa shape index (κ2) is 6.88. The number of halogens is 1. The number of rotatable bonds is 4. The lowest BCUT2D eigenvalue weighted by atomic mass is 9.99. The fourth-order valence-electron chi connectivity index (χ4n) is 2.92. The summed E-state index contributed by atoms with van der Waals surface area (Å²) in [4.78, 5) is 11.3. The molecule has 26 heavy (non-hydrogen) atoms. The number of aldehydes is 1. The van der Waals surface area contributed by atoms with Gasteiger partial charge in [0.15, 0.2) is 6.29 Å². The van der Waals surface area contributed by atoms with Gasteiger partial charge in [0.2, 0.25) is 0 Å². The van der Waals surface area contributed by atoms with Crippen molar-refractivity contribution in [3.05, 3.63) is 71.0 Å². The third kappa shape index (κ3) is 3.37. The summed E-state index contributed by atoms with van der Waals surface area (Å²) in [6.45, 7) is 3.77. The average molecular weight is 351 g/mol. The Morgan fingerprint density at radius 2 is 1.69 bits per heavy atom. The summed E-state index contributed by atoms with van der Waals surface area (Å²) in [5.41, 5.74) is 9.11. The average Bonchev–Trinajstić information content (AvgIpc) is 2.59. The monoisotopic (exact) mass is 351 g/mol. The summed E-state index contributed by atoms with van der Waals surface area (Å²) < 4.78 is 19.6. The van der Waals surface area contributed by atoms with Crippen LogP contribution in [0.25, 0.3) is 11.1 Å². The molecule has 0 radical (unpaired) electrons. The minimum absolute atomic E-state index is 0.0724. The predicted molar refractivity (Wildman–Crippen MR) is 99.3 cm³/mol. The molecule has 0 aliphatic heterocycles. The van der Waals surface area contributed by atoms with Crippen LogP contribution in [0, 0.1) is 19.7 Å². The van der Waals surface area contributed by atoms with Gasteiger partial charge in [0.05, 0.1) is 0 Å². The summed E-state index contributed by atoms with van der Waals surface area (Å²) in [6.07, 6.45) is 0.621. The van der Waals surface area contributed by atoms with Crippen LogP contribution in [0.5, 0.6) is 17.2 Å². The number of aromatic hydroxyl groups is 1. The van der Waals surface area contributed by atoms with Gasteiger partial charge in [0.25, 0.3) is 0 Å². The Morgan fingerprint density at radius 1 is 1.00 bits per heavy atom. The first kappa shape index (κ1) is 17.5. The Labute approximate surface area is 150 Å². The predicted octanol–water partition coefficient (Wildman–Crippen LogP) is 5.00. The first-order valence-corrected chi connectivity index (χ1v) is 8.01. The molecule has 0 atom stereocenters. The number of hydrogen-bond donors (Lipinski definition) is 2. The van der Waals surface area contributed by atoms with E-state index in [1.54, 1.807) is 24.3 Å². The number of benzene rings is 3. The molecule has 3 aromatic carbocycles. The summed E-state index contributed by atoms with van der Waals surface area (Å²) in [7, 11) is 0. The van der Waals surface area contributed by atoms with Crippen molar-refractivity contribution in [3.8, 4) is 28.4 Å². The number of carbonyl (C=O) groups excluding carboxylic acids is 1. The van der Waals surface area contributed by atoms with E-state index in [1.807, 2.05) is 13.8 Å². The Bertz CT molecular complexity index is 976. The number of nitrogens with two attached hydrogens (primary N) is 1. The molecule has 0 fully saturated rings. The number of aryl methyl sites for hydroxylation is 2. The van der Waals surface area contributed by atoms with Gasteiger partial charge in [0.1, 0.15) is 23.1 Å². The zero-order valence-electron chi connectivity index (χ0n) is 14.4. The third-order valence-corrected chi connectivity index (χ3v) is 4.10. The maximum Gasteiger partial charge on any atom is 0.150 e. The Morgan fingerprint density at radius 3 is 2.35 bits per heavy atom. The van der Waals surface area contributed by atoms with E-state index in [2.05, 4.69) is 0 Å². The lowest BCUT2D eigenvalue weighted by Crippen LogP contribution is -1.95. The van der Waals surface area contributed by atoms with Gasteiger partial charge in [-0.15, -0.1) is 0 Å². The van der Waals surface area contributed by atoms with E-state index in [9.17, 15) is 14.3 Å². The molecule has 4 nitrogen and oxygen atoms in total. The van der Waals surface area contributed by atoms with Crippen molar-refractivity contribution in [2.45, 2.75) is 13.8 Å². The van der Waals surface area contributed by atoms with Crippen LogP contribution in [0.4, 0.5) is 10.1 Å². The smallest absolute Gasteiger partial charge is 0.150 e. The largest absolute Gasteiger partial charge is 0.507 e. The van der Waals surface area contributed by atoms with Crippen LogP contribution in [-0.4, -0.2) is 11.4 Å². The van der Waals surface area contributed by atoms with E-state index < -0.39 is 5.82 Å². The number of hydrogen-bond acceptors (Lipinski definition) is 4. The molecule has 3 rings (SSSR count). The lowest BCUT2D eigenvalue weighted by Gasteiger charge is -2.15. The Balaban J connectivity index is 2.07. The summed E-state index contributed by atoms with van der Waals surface area (Å²) in [5.74, 6) is 0.541. The van der Waals surface area contributed by atoms with Crippen molar-refractivity contribution in [3.63, 3.8) is 0 Å². The molecule has 0 saturated heterocycles. The van der Waals surface area contributed by atoms with Crippen molar-refractivity contribution in [1.82, 2.24) is 0 Å². The molecule has 0 aliphatic rings. The van der Waals surface area contributed by atoms with E-state index in [1.165, 1.54) is 24.3 Å². The molecular weight excluding hydrogens is 333 g/mol. The number of ether oxygens (including phenoxy) is 1. The first-order valence-electron chi connectivity index (χ1n) is 8.01. The van der Waals surface area contributed by atoms with Crippen LogP contribution < -0.4 is 10.5 Å². The molecule has 5 heteroatoms. The van der Waals surface area contributed by atoms with Gasteiger partial charge in [-0.05, 0) is 79.1 Å². The number of phenols is 1. The fourth-order valence-corrected chi connectivity index (χ4v) is 2.92. The van der Waals surface area contributed by atoms with Gasteiger partial charge in [-0.3, -0.25) is 4.79 Å². The van der Waals surface area contributed by atoms with Gasteiger partial charge < -0.3 is 15.6 Å². The van der Waals surface area contributed by atoms with E-state index in [0.29, 0.717) is 34.6 Å². The molecule has 3 aromatic rings. The third-order valence-electron chi connectivity index (χ3n) is 4.10. The van der Waals surface area contributed by atoms with Gasteiger partial charge in [-0.25, -0.2) is 4.39 Å². The molecule has 3 N–H and O–H groups in total. The van der Waals surface area contributed by atoms with E-state index >= 15 is 0 Å². The quantitative estimate of drug-likeness (QED) is 0.512. The van der Waals surface area contributed by atoms with Gasteiger partial charge in [-0.1, -0.05) is 0 Å². The minimum Gasteiger partial charge on any atom is -0.507 e. The Kier molecular flexibility index (Phi) is 4.63. The molecular formula is C21H18FNO3. The van der Waals surface area contributed by atoms with Crippen LogP contribution in [0.15, 0.2) is 48.5 Å². The Hall–Kier alpha value is -3.34. The molecule has 0 unspecified atom stereocenters. The number of carbonyl (C=O) groups is 1. The summed E-state index contributed by atoms with van der Waals surface area (Å²) >= 11 is 0. The standard InChI is InChI=1S/C21H18FNO3/c1-12-7-16(23)8-13(2)21(12)26-17-5-6-20(25)19(10-17)18-9-15(22)4-3-14(18)11-24/h3-11,25H,23H2,1-2H3. The van der Waals surface area contributed by atoms with Crippen LogP contribution in [0.1, 0.15) is 21.5 Å². The molecule has 0 amide bonds. The van der Waals surface area contributed by atoms with Crippen molar-refractivity contribution >= 4 is 12.0 Å². The van der Waals surface area contributed by atoms with E-state index in [4.69, 9.17) is 10.5 Å². The van der Waals surface area contributed by atoms with Crippen molar-refractivity contribution < 1.29 is 19.0 Å². The number of nitrogen functional groups attached to an aromatic ring is 1. The molecule has 0 aromatic heterocycles. The molecule has 0 bridgehead atoms. The number of phenolic OH excluding ortho intramolecular Hbond substituents is 1. The van der Waals surface area contributed by atoms with Crippen LogP contribution in [-0.2, 0) is 0 Å². The summed E-state index contributed by atoms with van der Waals surface area (Å²) in [5, 5.41) is 10.2. The maximum absolute atomic E-state index is 13.7. The second-order valence-corrected chi connectivity index (χ2v) is 6.11. The summed E-state index contributed by atoms with van der Waals surface area (Å²) in [6, 6.07) is 12.0. The fraction of sp³-hybridized carbons (Fsp3) is 0.0952. The maximum atomic E-state index is 13.7. The highest BCUT2D eigenvalue weighted by Gasteiger charge is 2.13. The van der Waals surface area contributed by atoms with Gasteiger partial charge in [0, 0.05) is 16.8 Å². The zero-order chi connectivity index (χ0) is 18.8. The molecule has 0 spiro atoms. The molecule has 0 aliphatic carbocycles. The highest BCUT2D eigenvalue weighted by atomic mass is 19.1. The topological polar surface area (TPSA) is 72.6 Å². The van der Waals surface area contributed by atoms with Gasteiger partial charge >= 0.3 is 0 Å². The van der Waals surface area contributed by atoms with Gasteiger partial charge in [-0.2, -0.15) is 0 Å².